The van der Waals surface area contributed by atoms with Gasteiger partial charge in [0.1, 0.15) is 0 Å². The monoisotopic (exact) mass is 196 g/mol. The molecule has 1 aromatic heterocycles. The van der Waals surface area contributed by atoms with Gasteiger partial charge in [0.15, 0.2) is 5.82 Å². The minimum atomic E-state index is -0.277. The molecule has 0 amide bonds. The number of nitrogens with zero attached hydrogens (tertiary/aromatic N) is 2. The third-order valence-corrected chi connectivity index (χ3v) is 2.88. The van der Waals surface area contributed by atoms with E-state index in [1.54, 1.807) is 4.57 Å². The van der Waals surface area contributed by atoms with Crippen molar-refractivity contribution in [2.75, 3.05) is 0 Å². The molecule has 2 heterocycles. The SMILES string of the molecule is CCC[C@H]1CCCCc2noc(=O)n21. The van der Waals surface area contributed by atoms with Crippen LogP contribution in [0.4, 0.5) is 0 Å². The van der Waals surface area contributed by atoms with Crippen LogP contribution in [0.2, 0.25) is 0 Å². The van der Waals surface area contributed by atoms with Gasteiger partial charge in [0.05, 0.1) is 0 Å². The number of fused-ring (bicyclic) bond motifs is 1. The number of hydrogen-bond donors (Lipinski definition) is 0. The molecule has 78 valence electrons. The Hall–Kier alpha value is -1.06. The van der Waals surface area contributed by atoms with Crippen LogP contribution in [-0.2, 0) is 6.42 Å². The average Bonchev–Trinajstić information content (AvgIpc) is 2.43. The Bertz CT molecular complexity index is 353. The first-order chi connectivity index (χ1) is 6.83. The van der Waals surface area contributed by atoms with Gasteiger partial charge in [-0.3, -0.25) is 9.09 Å². The predicted molar refractivity (Wildman–Crippen MR) is 52.3 cm³/mol. The molecule has 14 heavy (non-hydrogen) atoms. The molecule has 0 fully saturated rings. The Balaban J connectivity index is 2.35. The lowest BCUT2D eigenvalue weighted by Gasteiger charge is -2.14. The summed E-state index contributed by atoms with van der Waals surface area (Å²) in [4.78, 5) is 11.4. The lowest BCUT2D eigenvalue weighted by molar-refractivity contribution is 0.345. The zero-order valence-electron chi connectivity index (χ0n) is 8.53. The van der Waals surface area contributed by atoms with E-state index in [1.807, 2.05) is 0 Å². The van der Waals surface area contributed by atoms with E-state index in [0.717, 1.165) is 37.9 Å². The van der Waals surface area contributed by atoms with Crippen LogP contribution in [0.5, 0.6) is 0 Å². The minimum Gasteiger partial charge on any atom is -0.296 e. The summed E-state index contributed by atoms with van der Waals surface area (Å²) in [6.07, 6.45) is 6.42. The highest BCUT2D eigenvalue weighted by atomic mass is 16.5. The lowest BCUT2D eigenvalue weighted by Crippen LogP contribution is -2.21. The molecule has 1 aliphatic heterocycles. The summed E-state index contributed by atoms with van der Waals surface area (Å²) in [5.74, 6) is 0.561. The molecule has 0 aliphatic carbocycles. The Kier molecular flexibility index (Phi) is 2.70. The van der Waals surface area contributed by atoms with E-state index < -0.39 is 0 Å². The first kappa shape index (κ1) is 9.49. The highest BCUT2D eigenvalue weighted by Crippen LogP contribution is 2.24. The fraction of sp³-hybridized carbons (Fsp3) is 0.800. The molecule has 0 bridgehead atoms. The van der Waals surface area contributed by atoms with E-state index in [9.17, 15) is 4.79 Å². The van der Waals surface area contributed by atoms with Crippen LogP contribution in [-0.4, -0.2) is 9.72 Å². The number of aromatic nitrogens is 2. The molecule has 0 spiro atoms. The Morgan fingerprint density at radius 2 is 2.43 bits per heavy atom. The van der Waals surface area contributed by atoms with E-state index in [4.69, 9.17) is 4.52 Å². The second-order valence-corrected chi connectivity index (χ2v) is 3.92. The van der Waals surface area contributed by atoms with Crippen LogP contribution < -0.4 is 5.76 Å². The average molecular weight is 196 g/mol. The fourth-order valence-corrected chi connectivity index (χ4v) is 2.21. The van der Waals surface area contributed by atoms with Crippen LogP contribution in [0.15, 0.2) is 9.32 Å². The van der Waals surface area contributed by atoms with Crippen LogP contribution in [0.3, 0.4) is 0 Å². The van der Waals surface area contributed by atoms with Gasteiger partial charge in [-0.05, 0) is 19.3 Å². The van der Waals surface area contributed by atoms with Crippen LogP contribution in [0.1, 0.15) is 50.9 Å². The third kappa shape index (κ3) is 1.61. The standard InChI is InChI=1S/C10H16N2O2/c1-2-5-8-6-3-4-7-9-11-14-10(13)12(8)9/h8H,2-7H2,1H3/t8-/m0/s1. The van der Waals surface area contributed by atoms with Crippen molar-refractivity contribution >= 4 is 0 Å². The zero-order valence-corrected chi connectivity index (χ0v) is 8.53. The summed E-state index contributed by atoms with van der Waals surface area (Å²) >= 11 is 0. The first-order valence-electron chi connectivity index (χ1n) is 5.40. The lowest BCUT2D eigenvalue weighted by atomic mass is 10.1. The Morgan fingerprint density at radius 1 is 1.57 bits per heavy atom. The predicted octanol–water partition coefficient (Wildman–Crippen LogP) is 1.90. The molecule has 1 aliphatic rings. The largest absolute Gasteiger partial charge is 0.441 e. The van der Waals surface area contributed by atoms with E-state index in [-0.39, 0.29) is 5.76 Å². The number of rotatable bonds is 2. The van der Waals surface area contributed by atoms with Gasteiger partial charge in [0.25, 0.3) is 0 Å². The summed E-state index contributed by atoms with van der Waals surface area (Å²) in [7, 11) is 0. The molecular formula is C10H16N2O2. The smallest absolute Gasteiger partial charge is 0.296 e. The van der Waals surface area contributed by atoms with Gasteiger partial charge in [-0.1, -0.05) is 24.9 Å². The van der Waals surface area contributed by atoms with Crippen molar-refractivity contribution in [1.82, 2.24) is 9.72 Å². The Morgan fingerprint density at radius 3 is 3.21 bits per heavy atom. The Labute approximate surface area is 82.9 Å². The second-order valence-electron chi connectivity index (χ2n) is 3.92. The van der Waals surface area contributed by atoms with E-state index in [0.29, 0.717) is 6.04 Å². The van der Waals surface area contributed by atoms with Gasteiger partial charge in [0.2, 0.25) is 0 Å². The number of aryl methyl sites for hydroxylation is 1. The minimum absolute atomic E-state index is 0.277. The molecule has 0 saturated carbocycles. The zero-order chi connectivity index (χ0) is 9.97. The molecule has 0 unspecified atom stereocenters. The summed E-state index contributed by atoms with van der Waals surface area (Å²) in [6, 6.07) is 0.316. The van der Waals surface area contributed by atoms with Gasteiger partial charge >= 0.3 is 5.76 Å². The van der Waals surface area contributed by atoms with E-state index in [2.05, 4.69) is 12.1 Å². The van der Waals surface area contributed by atoms with Crippen molar-refractivity contribution < 1.29 is 4.52 Å². The highest BCUT2D eigenvalue weighted by molar-refractivity contribution is 4.90. The quantitative estimate of drug-likeness (QED) is 0.725. The van der Waals surface area contributed by atoms with Gasteiger partial charge in [-0.2, -0.15) is 0 Å². The molecule has 1 atom stereocenters. The van der Waals surface area contributed by atoms with Crippen molar-refractivity contribution in [2.45, 2.75) is 51.5 Å². The van der Waals surface area contributed by atoms with Crippen molar-refractivity contribution in [1.29, 1.82) is 0 Å². The maximum atomic E-state index is 11.4. The second kappa shape index (κ2) is 3.98. The molecule has 0 N–H and O–H groups in total. The normalized spacial score (nSPS) is 21.6. The molecule has 1 aromatic rings. The van der Waals surface area contributed by atoms with E-state index >= 15 is 0 Å². The fourth-order valence-electron chi connectivity index (χ4n) is 2.21. The molecule has 0 radical (unpaired) electrons. The summed E-state index contributed by atoms with van der Waals surface area (Å²) < 4.78 is 6.47. The van der Waals surface area contributed by atoms with Crippen molar-refractivity contribution in [3.63, 3.8) is 0 Å². The van der Waals surface area contributed by atoms with Gasteiger partial charge in [-0.25, -0.2) is 4.79 Å². The van der Waals surface area contributed by atoms with Gasteiger partial charge in [0, 0.05) is 12.5 Å². The first-order valence-corrected chi connectivity index (χ1v) is 5.40. The van der Waals surface area contributed by atoms with Gasteiger partial charge in [-0.15, -0.1) is 0 Å². The summed E-state index contributed by atoms with van der Waals surface area (Å²) in [6.45, 7) is 2.14. The summed E-state index contributed by atoms with van der Waals surface area (Å²) in [5.41, 5.74) is 0. The molecule has 4 heteroatoms. The third-order valence-electron chi connectivity index (χ3n) is 2.88. The van der Waals surface area contributed by atoms with Crippen molar-refractivity contribution in [2.24, 2.45) is 0 Å². The van der Waals surface area contributed by atoms with Crippen LogP contribution >= 0.6 is 0 Å². The molecular weight excluding hydrogens is 180 g/mol. The molecule has 0 saturated heterocycles. The number of hydrogen-bond acceptors (Lipinski definition) is 3. The maximum absolute atomic E-state index is 11.4. The molecule has 0 aromatic carbocycles. The van der Waals surface area contributed by atoms with Crippen LogP contribution in [0.25, 0.3) is 0 Å². The molecule has 2 rings (SSSR count). The van der Waals surface area contributed by atoms with Gasteiger partial charge < -0.3 is 0 Å². The molecule has 4 nitrogen and oxygen atoms in total. The van der Waals surface area contributed by atoms with Crippen molar-refractivity contribution in [3.05, 3.63) is 16.4 Å². The van der Waals surface area contributed by atoms with E-state index in [1.165, 1.54) is 6.42 Å². The maximum Gasteiger partial charge on any atom is 0.441 e. The highest BCUT2D eigenvalue weighted by Gasteiger charge is 2.21. The van der Waals surface area contributed by atoms with Crippen molar-refractivity contribution in [3.8, 4) is 0 Å². The van der Waals surface area contributed by atoms with Crippen LogP contribution in [0, 0.1) is 0 Å². The topological polar surface area (TPSA) is 48.0 Å². The summed E-state index contributed by atoms with van der Waals surface area (Å²) in [5, 5.41) is 3.82.